The Morgan fingerprint density at radius 3 is 2.65 bits per heavy atom. The number of aryl methyl sites for hydroxylation is 2. The molecular weight excluding hydrogens is 333 g/mol. The smallest absolute Gasteiger partial charge is 0.278 e. The van der Waals surface area contributed by atoms with Crippen molar-refractivity contribution in [1.82, 2.24) is 19.3 Å². The molecule has 0 saturated carbocycles. The Kier molecular flexibility index (Phi) is 3.76. The first kappa shape index (κ1) is 16.0. The Balaban J connectivity index is 1.64. The van der Waals surface area contributed by atoms with Crippen LogP contribution in [0, 0.1) is 12.7 Å². The van der Waals surface area contributed by atoms with Gasteiger partial charge < -0.3 is 4.57 Å². The second-order valence-electron chi connectivity index (χ2n) is 6.00. The van der Waals surface area contributed by atoms with Gasteiger partial charge in [-0.25, -0.2) is 14.1 Å². The molecule has 4 aromatic rings. The van der Waals surface area contributed by atoms with Crippen LogP contribution in [0.15, 0.2) is 54.6 Å². The first-order valence-corrected chi connectivity index (χ1v) is 8.08. The predicted molar refractivity (Wildman–Crippen MR) is 96.9 cm³/mol. The van der Waals surface area contributed by atoms with E-state index in [0.717, 1.165) is 16.9 Å². The number of nitrogens with zero attached hydrogens (tertiary/aromatic N) is 4. The van der Waals surface area contributed by atoms with Crippen molar-refractivity contribution in [1.29, 1.82) is 0 Å². The molecule has 1 amide bonds. The van der Waals surface area contributed by atoms with Gasteiger partial charge in [-0.05, 0) is 37.3 Å². The van der Waals surface area contributed by atoms with E-state index >= 15 is 0 Å². The van der Waals surface area contributed by atoms with Crippen molar-refractivity contribution in [2.24, 2.45) is 7.05 Å². The molecule has 6 nitrogen and oxygen atoms in total. The zero-order valence-corrected chi connectivity index (χ0v) is 14.3. The summed E-state index contributed by atoms with van der Waals surface area (Å²) in [5.74, 6) is -0.408. The van der Waals surface area contributed by atoms with Crippen molar-refractivity contribution < 1.29 is 9.18 Å². The molecule has 4 rings (SSSR count). The molecule has 0 bridgehead atoms. The Hall–Kier alpha value is -3.48. The van der Waals surface area contributed by atoms with Crippen molar-refractivity contribution in [2.75, 3.05) is 5.32 Å². The number of para-hydroxylation sites is 1. The molecule has 0 saturated heterocycles. The summed E-state index contributed by atoms with van der Waals surface area (Å²) in [6.45, 7) is 1.88. The quantitative estimate of drug-likeness (QED) is 0.616. The monoisotopic (exact) mass is 349 g/mol. The van der Waals surface area contributed by atoms with E-state index in [2.05, 4.69) is 15.4 Å². The highest BCUT2D eigenvalue weighted by Gasteiger charge is 2.16. The Morgan fingerprint density at radius 1 is 1.12 bits per heavy atom. The Bertz CT molecular complexity index is 1110. The van der Waals surface area contributed by atoms with Crippen LogP contribution in [0.1, 0.15) is 16.2 Å². The highest BCUT2D eigenvalue weighted by Crippen LogP contribution is 2.20. The number of amides is 1. The van der Waals surface area contributed by atoms with Gasteiger partial charge in [-0.3, -0.25) is 10.1 Å². The maximum Gasteiger partial charge on any atom is 0.278 e. The number of hydrogen-bond acceptors (Lipinski definition) is 3. The number of fused-ring (bicyclic) bond motifs is 1. The molecule has 2 heterocycles. The van der Waals surface area contributed by atoms with E-state index in [1.807, 2.05) is 37.3 Å². The first-order chi connectivity index (χ1) is 12.5. The minimum absolute atomic E-state index is 0.282. The molecule has 2 aromatic carbocycles. The average Bonchev–Trinajstić information content (AvgIpc) is 3.16. The van der Waals surface area contributed by atoms with E-state index in [-0.39, 0.29) is 17.4 Å². The van der Waals surface area contributed by atoms with Gasteiger partial charge in [-0.1, -0.05) is 18.2 Å². The Morgan fingerprint density at radius 2 is 1.88 bits per heavy atom. The van der Waals surface area contributed by atoms with Crippen LogP contribution in [0.2, 0.25) is 0 Å². The number of hydrogen-bond donors (Lipinski definition) is 1. The number of nitrogens with one attached hydrogen (secondary N) is 1. The maximum atomic E-state index is 13.4. The van der Waals surface area contributed by atoms with Gasteiger partial charge in [0.25, 0.3) is 5.91 Å². The largest absolute Gasteiger partial charge is 0.313 e. The summed E-state index contributed by atoms with van der Waals surface area (Å²) in [5.41, 5.74) is 3.21. The average molecular weight is 349 g/mol. The SMILES string of the molecule is Cc1cc(C(=O)Nc2nc3cc(F)ccc3n2C)nn1-c1ccccc1. The molecule has 0 atom stereocenters. The van der Waals surface area contributed by atoms with Crippen molar-refractivity contribution in [3.05, 3.63) is 71.8 Å². The van der Waals surface area contributed by atoms with Crippen LogP contribution in [0.3, 0.4) is 0 Å². The van der Waals surface area contributed by atoms with Gasteiger partial charge in [-0.15, -0.1) is 0 Å². The standard InChI is InChI=1S/C19H16FN5O/c1-12-10-16(23-25(12)14-6-4-3-5-7-14)18(26)22-19-21-15-11-13(20)8-9-17(15)24(19)2/h3-11H,1-2H3,(H,21,22,26). The van der Waals surface area contributed by atoms with Crippen LogP contribution in [-0.4, -0.2) is 25.2 Å². The van der Waals surface area contributed by atoms with Crippen LogP contribution in [0.25, 0.3) is 16.7 Å². The molecular formula is C19H16FN5O. The Labute approximate surface area is 148 Å². The van der Waals surface area contributed by atoms with E-state index < -0.39 is 0 Å². The summed E-state index contributed by atoms with van der Waals surface area (Å²) in [7, 11) is 1.76. The summed E-state index contributed by atoms with van der Waals surface area (Å²) < 4.78 is 16.8. The number of aromatic nitrogens is 4. The van der Waals surface area contributed by atoms with Crippen molar-refractivity contribution in [2.45, 2.75) is 6.92 Å². The molecule has 2 aromatic heterocycles. The lowest BCUT2D eigenvalue weighted by Gasteiger charge is -2.04. The molecule has 0 fully saturated rings. The normalized spacial score (nSPS) is 11.0. The highest BCUT2D eigenvalue weighted by atomic mass is 19.1. The fourth-order valence-corrected chi connectivity index (χ4v) is 2.87. The molecule has 0 spiro atoms. The number of carbonyl (C=O) groups is 1. The van der Waals surface area contributed by atoms with Gasteiger partial charge in [0, 0.05) is 18.8 Å². The lowest BCUT2D eigenvalue weighted by atomic mass is 10.3. The third-order valence-electron chi connectivity index (χ3n) is 4.19. The highest BCUT2D eigenvalue weighted by molar-refractivity contribution is 6.02. The van der Waals surface area contributed by atoms with Crippen LogP contribution in [-0.2, 0) is 7.05 Å². The molecule has 7 heteroatoms. The molecule has 0 radical (unpaired) electrons. The topological polar surface area (TPSA) is 64.7 Å². The van der Waals surface area contributed by atoms with E-state index in [9.17, 15) is 9.18 Å². The molecule has 130 valence electrons. The summed E-state index contributed by atoms with van der Waals surface area (Å²) in [5, 5.41) is 7.12. The van der Waals surface area contributed by atoms with E-state index in [4.69, 9.17) is 0 Å². The second-order valence-corrected chi connectivity index (χ2v) is 6.00. The van der Waals surface area contributed by atoms with Gasteiger partial charge in [0.2, 0.25) is 5.95 Å². The van der Waals surface area contributed by atoms with Crippen LogP contribution in [0.5, 0.6) is 0 Å². The fraction of sp³-hybridized carbons (Fsp3) is 0.105. The summed E-state index contributed by atoms with van der Waals surface area (Å²) >= 11 is 0. The summed E-state index contributed by atoms with van der Waals surface area (Å²) in [6, 6.07) is 15.6. The number of benzene rings is 2. The van der Waals surface area contributed by atoms with Crippen LogP contribution >= 0.6 is 0 Å². The molecule has 0 aliphatic carbocycles. The molecule has 0 aliphatic rings. The van der Waals surface area contributed by atoms with Crippen molar-refractivity contribution in [3.8, 4) is 5.69 Å². The van der Waals surface area contributed by atoms with E-state index in [1.54, 1.807) is 28.4 Å². The van der Waals surface area contributed by atoms with Crippen LogP contribution < -0.4 is 5.32 Å². The fourth-order valence-electron chi connectivity index (χ4n) is 2.87. The lowest BCUT2D eigenvalue weighted by Crippen LogP contribution is -2.16. The zero-order valence-electron chi connectivity index (χ0n) is 14.3. The van der Waals surface area contributed by atoms with Gasteiger partial charge in [0.05, 0.1) is 16.7 Å². The van der Waals surface area contributed by atoms with Crippen molar-refractivity contribution >= 4 is 22.9 Å². The van der Waals surface area contributed by atoms with E-state index in [0.29, 0.717) is 11.5 Å². The second kappa shape index (κ2) is 6.11. The van der Waals surface area contributed by atoms with Gasteiger partial charge in [0.15, 0.2) is 5.69 Å². The molecule has 26 heavy (non-hydrogen) atoms. The van der Waals surface area contributed by atoms with Crippen molar-refractivity contribution in [3.63, 3.8) is 0 Å². The molecule has 0 aliphatic heterocycles. The van der Waals surface area contributed by atoms with Crippen LogP contribution in [0.4, 0.5) is 10.3 Å². The third-order valence-corrected chi connectivity index (χ3v) is 4.19. The third kappa shape index (κ3) is 2.73. The number of imidazole rings is 1. The molecule has 1 N–H and O–H groups in total. The van der Waals surface area contributed by atoms with E-state index in [1.165, 1.54) is 12.1 Å². The minimum Gasteiger partial charge on any atom is -0.313 e. The number of anilines is 1. The lowest BCUT2D eigenvalue weighted by molar-refractivity contribution is 0.102. The number of halogens is 1. The summed E-state index contributed by atoms with van der Waals surface area (Å²) in [6.07, 6.45) is 0. The van der Waals surface area contributed by atoms with Gasteiger partial charge in [0.1, 0.15) is 5.82 Å². The van der Waals surface area contributed by atoms with Gasteiger partial charge >= 0.3 is 0 Å². The predicted octanol–water partition coefficient (Wildman–Crippen LogP) is 3.46. The maximum absolute atomic E-state index is 13.4. The minimum atomic E-state index is -0.373. The number of rotatable bonds is 3. The zero-order chi connectivity index (χ0) is 18.3. The number of carbonyl (C=O) groups excluding carboxylic acids is 1. The first-order valence-electron chi connectivity index (χ1n) is 8.08. The molecule has 0 unspecified atom stereocenters. The van der Waals surface area contributed by atoms with Gasteiger partial charge in [-0.2, -0.15) is 5.10 Å². The summed E-state index contributed by atoms with van der Waals surface area (Å²) in [4.78, 5) is 16.9.